The second kappa shape index (κ2) is 8.39. The summed E-state index contributed by atoms with van der Waals surface area (Å²) in [5.41, 5.74) is 3.61. The van der Waals surface area contributed by atoms with Gasteiger partial charge in [0, 0.05) is 65.4 Å². The van der Waals surface area contributed by atoms with Gasteiger partial charge in [0.2, 0.25) is 0 Å². The van der Waals surface area contributed by atoms with Crippen molar-refractivity contribution in [1.29, 1.82) is 0 Å². The molecule has 162 valence electrons. The molecule has 2 aliphatic rings. The van der Waals surface area contributed by atoms with Crippen LogP contribution < -0.4 is 10.1 Å². The van der Waals surface area contributed by atoms with E-state index in [1.807, 2.05) is 36.1 Å². The van der Waals surface area contributed by atoms with Crippen molar-refractivity contribution in [2.45, 2.75) is 32.0 Å². The van der Waals surface area contributed by atoms with E-state index in [0.29, 0.717) is 31.0 Å². The van der Waals surface area contributed by atoms with Gasteiger partial charge >= 0.3 is 0 Å². The monoisotopic (exact) mass is 457 g/mol. The van der Waals surface area contributed by atoms with E-state index in [0.717, 1.165) is 50.6 Å². The number of nitrogens with one attached hydrogen (secondary N) is 1. The fraction of sp³-hybridized carbons (Fsp3) is 0.391. The Hall–Kier alpha value is -2.19. The number of fused-ring (bicyclic) bond motifs is 2. The van der Waals surface area contributed by atoms with Crippen molar-refractivity contribution in [3.8, 4) is 16.9 Å². The molecule has 1 unspecified atom stereocenters. The molecule has 0 aliphatic carbocycles. The standard InChI is InChI=1S/C23H24ClN3O3S/c1-2-18(28)20-12-17-22(31-20)15(3-4-26-17)16-11-14(24)9-13-10-19(30-21(13)16)23(29)27-7-5-25-6-8-27/h3-4,9,11-12,18-19,25,28H,2,5-8,10H2,1H3/t18-,19?/m0/s1. The van der Waals surface area contributed by atoms with Crippen LogP contribution in [-0.2, 0) is 11.2 Å². The van der Waals surface area contributed by atoms with Gasteiger partial charge in [-0.05, 0) is 30.7 Å². The van der Waals surface area contributed by atoms with E-state index in [-0.39, 0.29) is 5.91 Å². The summed E-state index contributed by atoms with van der Waals surface area (Å²) >= 11 is 8.01. The fourth-order valence-electron chi connectivity index (χ4n) is 4.29. The Kier molecular flexibility index (Phi) is 5.60. The number of benzene rings is 1. The van der Waals surface area contributed by atoms with Crippen LogP contribution in [0.25, 0.3) is 21.3 Å². The van der Waals surface area contributed by atoms with Gasteiger partial charge in [-0.1, -0.05) is 18.5 Å². The van der Waals surface area contributed by atoms with Crippen molar-refractivity contribution in [2.75, 3.05) is 26.2 Å². The van der Waals surface area contributed by atoms with Crippen LogP contribution in [0.5, 0.6) is 5.75 Å². The summed E-state index contributed by atoms with van der Waals surface area (Å²) in [6, 6.07) is 7.68. The maximum Gasteiger partial charge on any atom is 0.264 e. The Morgan fingerprint density at radius 3 is 2.94 bits per heavy atom. The van der Waals surface area contributed by atoms with Crippen LogP contribution in [0.15, 0.2) is 30.5 Å². The molecule has 4 heterocycles. The van der Waals surface area contributed by atoms with Gasteiger partial charge in [0.15, 0.2) is 6.10 Å². The number of amides is 1. The second-order valence-electron chi connectivity index (χ2n) is 7.97. The SMILES string of the molecule is CC[C@H](O)c1cc2nccc(-c3cc(Cl)cc4c3OC(C(=O)N3CCNCC3)C4)c2s1. The molecule has 1 aromatic carbocycles. The van der Waals surface area contributed by atoms with Gasteiger partial charge in [0.1, 0.15) is 5.75 Å². The highest BCUT2D eigenvalue weighted by molar-refractivity contribution is 7.19. The maximum absolute atomic E-state index is 13.0. The van der Waals surface area contributed by atoms with Crippen molar-refractivity contribution >= 4 is 39.1 Å². The van der Waals surface area contributed by atoms with Crippen molar-refractivity contribution < 1.29 is 14.6 Å². The Morgan fingerprint density at radius 2 is 2.16 bits per heavy atom. The minimum atomic E-state index is -0.525. The average Bonchev–Trinajstić information content (AvgIpc) is 3.42. The zero-order valence-corrected chi connectivity index (χ0v) is 18.8. The lowest BCUT2D eigenvalue weighted by Crippen LogP contribution is -2.50. The molecule has 0 spiro atoms. The quantitative estimate of drug-likeness (QED) is 0.623. The van der Waals surface area contributed by atoms with Gasteiger partial charge in [0.05, 0.1) is 16.3 Å². The Labute approximate surface area is 189 Å². The summed E-state index contributed by atoms with van der Waals surface area (Å²) in [5, 5.41) is 14.2. The number of hydrogen-bond donors (Lipinski definition) is 2. The molecule has 1 amide bonds. The normalized spacial score (nSPS) is 19.3. The number of nitrogens with zero attached hydrogens (tertiary/aromatic N) is 2. The van der Waals surface area contributed by atoms with Crippen LogP contribution in [0.1, 0.15) is 29.9 Å². The Morgan fingerprint density at radius 1 is 1.35 bits per heavy atom. The molecule has 31 heavy (non-hydrogen) atoms. The molecule has 1 saturated heterocycles. The smallest absolute Gasteiger partial charge is 0.264 e. The number of piperazine rings is 1. The van der Waals surface area contributed by atoms with Crippen molar-refractivity contribution in [3.63, 3.8) is 0 Å². The summed E-state index contributed by atoms with van der Waals surface area (Å²) in [7, 11) is 0. The number of thiophene rings is 1. The third kappa shape index (κ3) is 3.80. The van der Waals surface area contributed by atoms with Crippen LogP contribution >= 0.6 is 22.9 Å². The molecular weight excluding hydrogens is 434 g/mol. The summed E-state index contributed by atoms with van der Waals surface area (Å²) < 4.78 is 7.23. The molecule has 2 aliphatic heterocycles. The van der Waals surface area contributed by atoms with Gasteiger partial charge in [-0.25, -0.2) is 0 Å². The average molecular weight is 458 g/mol. The first kappa shape index (κ1) is 20.7. The number of carbonyl (C=O) groups excluding carboxylic acids is 1. The predicted molar refractivity (Wildman–Crippen MR) is 123 cm³/mol. The van der Waals surface area contributed by atoms with E-state index in [1.165, 1.54) is 11.3 Å². The van der Waals surface area contributed by atoms with E-state index in [2.05, 4.69) is 10.3 Å². The first-order chi connectivity index (χ1) is 15.0. The highest BCUT2D eigenvalue weighted by Crippen LogP contribution is 2.45. The molecule has 8 heteroatoms. The van der Waals surface area contributed by atoms with Gasteiger partial charge in [-0.15, -0.1) is 11.3 Å². The van der Waals surface area contributed by atoms with Gasteiger partial charge in [0.25, 0.3) is 5.91 Å². The van der Waals surface area contributed by atoms with E-state index in [4.69, 9.17) is 16.3 Å². The number of hydrogen-bond acceptors (Lipinski definition) is 6. The minimum Gasteiger partial charge on any atom is -0.479 e. The van der Waals surface area contributed by atoms with Crippen molar-refractivity contribution in [1.82, 2.24) is 15.2 Å². The van der Waals surface area contributed by atoms with Gasteiger partial charge in [-0.2, -0.15) is 0 Å². The summed E-state index contributed by atoms with van der Waals surface area (Å²) in [5.74, 6) is 0.750. The number of ether oxygens (including phenoxy) is 1. The molecule has 0 saturated carbocycles. The third-order valence-corrected chi connectivity index (χ3v) is 7.41. The molecule has 5 rings (SSSR count). The van der Waals surface area contributed by atoms with Gasteiger partial charge < -0.3 is 20.1 Å². The highest BCUT2D eigenvalue weighted by Gasteiger charge is 2.35. The van der Waals surface area contributed by atoms with Crippen LogP contribution in [0.2, 0.25) is 5.02 Å². The van der Waals surface area contributed by atoms with Crippen LogP contribution in [0.3, 0.4) is 0 Å². The molecule has 0 radical (unpaired) electrons. The van der Waals surface area contributed by atoms with Crippen LogP contribution in [0, 0.1) is 0 Å². The molecule has 6 nitrogen and oxygen atoms in total. The third-order valence-electron chi connectivity index (χ3n) is 5.94. The molecule has 3 aromatic rings. The number of carbonyl (C=O) groups is 1. The Balaban J connectivity index is 1.53. The number of pyridine rings is 1. The second-order valence-corrected chi connectivity index (χ2v) is 9.49. The largest absolute Gasteiger partial charge is 0.479 e. The highest BCUT2D eigenvalue weighted by atomic mass is 35.5. The first-order valence-electron chi connectivity index (χ1n) is 10.6. The van der Waals surface area contributed by atoms with Gasteiger partial charge in [-0.3, -0.25) is 9.78 Å². The van der Waals surface area contributed by atoms with Crippen LogP contribution in [0.4, 0.5) is 0 Å². The zero-order chi connectivity index (χ0) is 21.5. The van der Waals surface area contributed by atoms with E-state index in [9.17, 15) is 9.90 Å². The summed E-state index contributed by atoms with van der Waals surface area (Å²) in [6.07, 6.45) is 1.90. The molecule has 1 fully saturated rings. The topological polar surface area (TPSA) is 74.7 Å². The van der Waals surface area contributed by atoms with Crippen molar-refractivity contribution in [2.24, 2.45) is 0 Å². The minimum absolute atomic E-state index is 0.0316. The lowest BCUT2D eigenvalue weighted by atomic mass is 10.0. The summed E-state index contributed by atoms with van der Waals surface area (Å²) in [4.78, 5) is 20.3. The molecular formula is C23H24ClN3O3S. The first-order valence-corrected chi connectivity index (χ1v) is 11.8. The number of rotatable bonds is 4. The maximum atomic E-state index is 13.0. The number of aliphatic hydroxyl groups excluding tert-OH is 1. The van der Waals surface area contributed by atoms with E-state index in [1.54, 1.807) is 6.20 Å². The molecule has 2 N–H and O–H groups in total. The number of aliphatic hydroxyl groups is 1. The fourth-order valence-corrected chi connectivity index (χ4v) is 5.74. The molecule has 0 bridgehead atoms. The zero-order valence-electron chi connectivity index (χ0n) is 17.2. The Bertz CT molecular complexity index is 1140. The lowest BCUT2D eigenvalue weighted by molar-refractivity contribution is -0.138. The number of aromatic nitrogens is 1. The molecule has 2 atom stereocenters. The van der Waals surface area contributed by atoms with Crippen LogP contribution in [-0.4, -0.2) is 53.2 Å². The summed E-state index contributed by atoms with van der Waals surface area (Å²) in [6.45, 7) is 4.97. The van der Waals surface area contributed by atoms with E-state index >= 15 is 0 Å². The molecule has 2 aromatic heterocycles. The number of halogens is 1. The lowest BCUT2D eigenvalue weighted by Gasteiger charge is -2.29. The predicted octanol–water partition coefficient (Wildman–Crippen LogP) is 3.80. The van der Waals surface area contributed by atoms with E-state index < -0.39 is 12.2 Å². The van der Waals surface area contributed by atoms with Crippen molar-refractivity contribution in [3.05, 3.63) is 45.9 Å².